The quantitative estimate of drug-likeness (QED) is 0.131. The van der Waals surface area contributed by atoms with Gasteiger partial charge < -0.3 is 10.1 Å². The van der Waals surface area contributed by atoms with Gasteiger partial charge in [0.05, 0.1) is 21.7 Å². The molecule has 1 heterocycles. The Morgan fingerprint density at radius 1 is 1.05 bits per heavy atom. The minimum atomic E-state index is -1.27. The highest BCUT2D eigenvalue weighted by Gasteiger charge is 2.29. The molecule has 0 aliphatic rings. The fourth-order valence-corrected chi connectivity index (χ4v) is 4.81. The molecule has 38 heavy (non-hydrogen) atoms. The maximum atomic E-state index is 13.8. The number of fused-ring (bicyclic) bond motifs is 1. The molecule has 1 aromatic heterocycles. The van der Waals surface area contributed by atoms with E-state index in [0.29, 0.717) is 45.0 Å². The van der Waals surface area contributed by atoms with Gasteiger partial charge in [-0.15, -0.1) is 0 Å². The number of esters is 1. The highest BCUT2D eigenvalue weighted by Crippen LogP contribution is 2.31. The van der Waals surface area contributed by atoms with Gasteiger partial charge >= 0.3 is 5.97 Å². The summed E-state index contributed by atoms with van der Waals surface area (Å²) in [6.07, 6.45) is 0.893. The second-order valence-electron chi connectivity index (χ2n) is 8.64. The molecule has 9 heteroatoms. The third-order valence-electron chi connectivity index (χ3n) is 6.11. The Hall–Kier alpha value is -4.11. The monoisotopic (exact) mass is 575 g/mol. The van der Waals surface area contributed by atoms with Crippen LogP contribution in [0.4, 0.5) is 11.4 Å². The molecule has 0 radical (unpaired) electrons. The lowest BCUT2D eigenvalue weighted by molar-refractivity contribution is -0.384. The van der Waals surface area contributed by atoms with Gasteiger partial charge in [0.1, 0.15) is 0 Å². The molecule has 1 amide bonds. The van der Waals surface area contributed by atoms with Gasteiger partial charge in [-0.2, -0.15) is 0 Å². The maximum absolute atomic E-state index is 13.8. The van der Waals surface area contributed by atoms with Crippen LogP contribution < -0.4 is 5.32 Å². The molecule has 4 aromatic rings. The van der Waals surface area contributed by atoms with Gasteiger partial charge in [-0.3, -0.25) is 19.9 Å². The molecule has 0 saturated carbocycles. The van der Waals surface area contributed by atoms with Crippen molar-refractivity contribution in [3.8, 4) is 0 Å². The van der Waals surface area contributed by atoms with Crippen molar-refractivity contribution in [2.24, 2.45) is 0 Å². The molecular weight excluding hydrogens is 550 g/mol. The average Bonchev–Trinajstić information content (AvgIpc) is 2.92. The number of carbonyl (C=O) groups is 2. The van der Waals surface area contributed by atoms with E-state index in [1.807, 2.05) is 31.2 Å². The van der Waals surface area contributed by atoms with Crippen LogP contribution in [0.3, 0.4) is 0 Å². The smallest absolute Gasteiger partial charge is 0.340 e. The van der Waals surface area contributed by atoms with Gasteiger partial charge in [0.2, 0.25) is 6.10 Å². The SMILES string of the molecule is CCCc1nc2ccccc2c(C(=O)OC(C(=O)Nc2ccc([N+](=O)[O-])cc2Br)c2ccccc2)c1CC. The Labute approximate surface area is 228 Å². The number of hydrogen-bond acceptors (Lipinski definition) is 6. The number of nitro benzene ring substituents is 1. The summed E-state index contributed by atoms with van der Waals surface area (Å²) in [6, 6.07) is 20.1. The van der Waals surface area contributed by atoms with E-state index in [9.17, 15) is 19.7 Å². The summed E-state index contributed by atoms with van der Waals surface area (Å²) in [5.74, 6) is -1.21. The number of nitro groups is 1. The van der Waals surface area contributed by atoms with E-state index >= 15 is 0 Å². The van der Waals surface area contributed by atoms with Crippen LogP contribution in [0.25, 0.3) is 10.9 Å². The number of aryl methyl sites for hydroxylation is 1. The number of hydrogen-bond donors (Lipinski definition) is 1. The molecule has 0 aliphatic carbocycles. The highest BCUT2D eigenvalue weighted by atomic mass is 79.9. The van der Waals surface area contributed by atoms with Gasteiger partial charge in [-0.25, -0.2) is 4.79 Å². The van der Waals surface area contributed by atoms with Crippen molar-refractivity contribution in [2.75, 3.05) is 5.32 Å². The second-order valence-corrected chi connectivity index (χ2v) is 9.49. The lowest BCUT2D eigenvalue weighted by Crippen LogP contribution is -2.26. The second kappa shape index (κ2) is 12.0. The summed E-state index contributed by atoms with van der Waals surface area (Å²) in [7, 11) is 0. The predicted molar refractivity (Wildman–Crippen MR) is 149 cm³/mol. The fraction of sp³-hybridized carbons (Fsp3) is 0.207. The molecule has 3 aromatic carbocycles. The van der Waals surface area contributed by atoms with E-state index in [1.165, 1.54) is 18.2 Å². The van der Waals surface area contributed by atoms with Crippen LogP contribution in [0.2, 0.25) is 0 Å². The molecule has 8 nitrogen and oxygen atoms in total. The zero-order valence-electron chi connectivity index (χ0n) is 20.9. The number of nitrogens with zero attached hydrogens (tertiary/aromatic N) is 2. The first-order valence-corrected chi connectivity index (χ1v) is 13.0. The zero-order valence-corrected chi connectivity index (χ0v) is 22.5. The number of pyridine rings is 1. The molecule has 0 saturated heterocycles. The first-order chi connectivity index (χ1) is 18.3. The summed E-state index contributed by atoms with van der Waals surface area (Å²) >= 11 is 3.27. The third-order valence-corrected chi connectivity index (χ3v) is 6.77. The van der Waals surface area contributed by atoms with E-state index < -0.39 is 22.9 Å². The van der Waals surface area contributed by atoms with Crippen LogP contribution in [0, 0.1) is 10.1 Å². The summed E-state index contributed by atoms with van der Waals surface area (Å²) in [5.41, 5.74) is 3.42. The van der Waals surface area contributed by atoms with Gasteiger partial charge in [-0.1, -0.05) is 68.8 Å². The Balaban J connectivity index is 1.73. The van der Waals surface area contributed by atoms with Crippen molar-refractivity contribution in [1.29, 1.82) is 0 Å². The molecule has 0 fully saturated rings. The van der Waals surface area contributed by atoms with E-state index in [4.69, 9.17) is 9.72 Å². The van der Waals surface area contributed by atoms with E-state index in [2.05, 4.69) is 28.2 Å². The fourth-order valence-electron chi connectivity index (χ4n) is 4.34. The van der Waals surface area contributed by atoms with Crippen molar-refractivity contribution in [3.63, 3.8) is 0 Å². The van der Waals surface area contributed by atoms with Crippen LogP contribution in [0.15, 0.2) is 77.3 Å². The number of anilines is 1. The van der Waals surface area contributed by atoms with Crippen LogP contribution in [-0.4, -0.2) is 21.8 Å². The number of rotatable bonds is 9. The highest BCUT2D eigenvalue weighted by molar-refractivity contribution is 9.10. The largest absolute Gasteiger partial charge is 0.444 e. The molecular formula is C29H26BrN3O5. The lowest BCUT2D eigenvalue weighted by Gasteiger charge is -2.21. The van der Waals surface area contributed by atoms with Crippen molar-refractivity contribution in [2.45, 2.75) is 39.2 Å². The Morgan fingerprint density at radius 2 is 1.76 bits per heavy atom. The molecule has 0 spiro atoms. The third kappa shape index (κ3) is 5.73. The van der Waals surface area contributed by atoms with Gasteiger partial charge in [0.25, 0.3) is 11.6 Å². The zero-order chi connectivity index (χ0) is 27.2. The number of aromatic nitrogens is 1. The van der Waals surface area contributed by atoms with Crippen LogP contribution in [0.1, 0.15) is 53.6 Å². The van der Waals surface area contributed by atoms with Crippen LogP contribution >= 0.6 is 15.9 Å². The molecule has 0 bridgehead atoms. The molecule has 1 unspecified atom stereocenters. The van der Waals surface area contributed by atoms with Crippen molar-refractivity contribution in [3.05, 3.63) is 110 Å². The average molecular weight is 576 g/mol. The summed E-state index contributed by atoms with van der Waals surface area (Å²) in [6.45, 7) is 4.02. The van der Waals surface area contributed by atoms with E-state index in [1.54, 1.807) is 30.3 Å². The number of nitrogens with one attached hydrogen (secondary N) is 1. The van der Waals surface area contributed by atoms with Gasteiger partial charge in [-0.05, 0) is 46.5 Å². The van der Waals surface area contributed by atoms with Crippen LogP contribution in [0.5, 0.6) is 0 Å². The Bertz CT molecular complexity index is 1510. The van der Waals surface area contributed by atoms with Crippen molar-refractivity contribution in [1.82, 2.24) is 4.98 Å². The number of ether oxygens (including phenoxy) is 1. The maximum Gasteiger partial charge on any atom is 0.340 e. The first-order valence-electron chi connectivity index (χ1n) is 12.2. The van der Waals surface area contributed by atoms with Crippen molar-refractivity contribution < 1.29 is 19.2 Å². The van der Waals surface area contributed by atoms with Gasteiger partial charge in [0.15, 0.2) is 0 Å². The first kappa shape index (κ1) is 26.9. The summed E-state index contributed by atoms with van der Waals surface area (Å²) in [5, 5.41) is 14.5. The van der Waals surface area contributed by atoms with E-state index in [0.717, 1.165) is 17.7 Å². The van der Waals surface area contributed by atoms with Crippen LogP contribution in [-0.2, 0) is 22.4 Å². The van der Waals surface area contributed by atoms with Crippen molar-refractivity contribution >= 4 is 50.1 Å². The normalized spacial score (nSPS) is 11.7. The number of para-hydroxylation sites is 1. The number of halogens is 1. The Morgan fingerprint density at radius 3 is 2.42 bits per heavy atom. The molecule has 0 aliphatic heterocycles. The predicted octanol–water partition coefficient (Wildman–Crippen LogP) is 6.96. The minimum absolute atomic E-state index is 0.125. The number of non-ortho nitro benzene ring substituents is 1. The molecule has 1 N–H and O–H groups in total. The topological polar surface area (TPSA) is 111 Å². The summed E-state index contributed by atoms with van der Waals surface area (Å²) < 4.78 is 6.27. The van der Waals surface area contributed by atoms with E-state index in [-0.39, 0.29) is 5.69 Å². The summed E-state index contributed by atoms with van der Waals surface area (Å²) in [4.78, 5) is 42.6. The molecule has 1 atom stereocenters. The standard InChI is InChI=1S/C29H26BrN3O5/c1-3-10-23-20(4-2)26(21-13-8-9-14-24(21)31-23)29(35)38-27(18-11-6-5-7-12-18)28(34)32-25-16-15-19(33(36)37)17-22(25)30/h5-9,11-17,27H,3-4,10H2,1-2H3,(H,32,34). The molecule has 194 valence electrons. The number of benzene rings is 3. The minimum Gasteiger partial charge on any atom is -0.444 e. The molecule has 4 rings (SSSR count). The van der Waals surface area contributed by atoms with Gasteiger partial charge in [0, 0.05) is 33.2 Å². The lowest BCUT2D eigenvalue weighted by atomic mass is 9.96. The number of amides is 1. The number of carbonyl (C=O) groups excluding carboxylic acids is 2. The Kier molecular flexibility index (Phi) is 8.48.